The first-order valence-corrected chi connectivity index (χ1v) is 8.95. The lowest BCUT2D eigenvalue weighted by Crippen LogP contribution is -2.28. The molecular formula is C22H15F3N2O3. The number of benzene rings is 2. The van der Waals surface area contributed by atoms with Crippen LogP contribution in [0.2, 0.25) is 0 Å². The molecule has 0 atom stereocenters. The number of para-hydroxylation sites is 1. The summed E-state index contributed by atoms with van der Waals surface area (Å²) >= 11 is 0. The van der Waals surface area contributed by atoms with Crippen LogP contribution in [0.3, 0.4) is 0 Å². The average Bonchev–Trinajstić information content (AvgIpc) is 3.25. The molecule has 0 radical (unpaired) electrons. The zero-order chi connectivity index (χ0) is 21.1. The first kappa shape index (κ1) is 19.5. The molecule has 0 fully saturated rings. The SMILES string of the molecule is O=C(NCc1ccco1)c1cc2ccccc2oc1=Nc1ccc(C(F)(F)F)cc1. The molecule has 4 rings (SSSR count). The Morgan fingerprint density at radius 2 is 1.77 bits per heavy atom. The van der Waals surface area contributed by atoms with Crippen molar-refractivity contribution in [3.63, 3.8) is 0 Å². The molecule has 0 unspecified atom stereocenters. The summed E-state index contributed by atoms with van der Waals surface area (Å²) < 4.78 is 49.3. The summed E-state index contributed by atoms with van der Waals surface area (Å²) in [5, 5.41) is 3.41. The number of amides is 1. The predicted octanol–water partition coefficient (Wildman–Crippen LogP) is 5.21. The highest BCUT2D eigenvalue weighted by Gasteiger charge is 2.29. The number of carbonyl (C=O) groups is 1. The van der Waals surface area contributed by atoms with Gasteiger partial charge >= 0.3 is 6.18 Å². The van der Waals surface area contributed by atoms with E-state index in [2.05, 4.69) is 10.3 Å². The Morgan fingerprint density at radius 1 is 1.00 bits per heavy atom. The highest BCUT2D eigenvalue weighted by atomic mass is 19.4. The van der Waals surface area contributed by atoms with Crippen molar-refractivity contribution in [2.75, 3.05) is 0 Å². The molecular weight excluding hydrogens is 397 g/mol. The molecule has 30 heavy (non-hydrogen) atoms. The molecule has 0 aliphatic carbocycles. The summed E-state index contributed by atoms with van der Waals surface area (Å²) in [6, 6.07) is 16.4. The second-order valence-corrected chi connectivity index (χ2v) is 6.42. The number of nitrogens with zero attached hydrogens (tertiary/aromatic N) is 1. The van der Waals surface area contributed by atoms with Crippen molar-refractivity contribution in [1.82, 2.24) is 5.32 Å². The van der Waals surface area contributed by atoms with Gasteiger partial charge in [0.05, 0.1) is 24.1 Å². The molecule has 2 aromatic heterocycles. The van der Waals surface area contributed by atoms with Gasteiger partial charge in [0.2, 0.25) is 5.55 Å². The van der Waals surface area contributed by atoms with Gasteiger partial charge in [0.1, 0.15) is 16.9 Å². The Hall–Kier alpha value is -3.81. The number of rotatable bonds is 4. The van der Waals surface area contributed by atoms with Crippen molar-refractivity contribution in [1.29, 1.82) is 0 Å². The average molecular weight is 412 g/mol. The fraction of sp³-hybridized carbons (Fsp3) is 0.0909. The fourth-order valence-electron chi connectivity index (χ4n) is 2.83. The molecule has 0 aliphatic heterocycles. The molecule has 0 saturated carbocycles. The van der Waals surface area contributed by atoms with Crippen molar-refractivity contribution in [3.8, 4) is 0 Å². The molecule has 0 spiro atoms. The number of halogens is 3. The second-order valence-electron chi connectivity index (χ2n) is 6.42. The Kier molecular flexibility index (Phi) is 5.14. The van der Waals surface area contributed by atoms with E-state index in [0.29, 0.717) is 16.7 Å². The van der Waals surface area contributed by atoms with Crippen LogP contribution in [0.5, 0.6) is 0 Å². The third-order valence-corrected chi connectivity index (χ3v) is 4.33. The smallest absolute Gasteiger partial charge is 0.416 e. The van der Waals surface area contributed by atoms with Gasteiger partial charge in [0.15, 0.2) is 0 Å². The molecule has 1 N–H and O–H groups in total. The highest BCUT2D eigenvalue weighted by Crippen LogP contribution is 2.30. The lowest BCUT2D eigenvalue weighted by atomic mass is 10.1. The van der Waals surface area contributed by atoms with Crippen molar-refractivity contribution in [3.05, 3.63) is 95.4 Å². The van der Waals surface area contributed by atoms with Crippen LogP contribution in [0.25, 0.3) is 11.0 Å². The summed E-state index contributed by atoms with van der Waals surface area (Å²) in [6.45, 7) is 0.165. The third kappa shape index (κ3) is 4.27. The van der Waals surface area contributed by atoms with Gasteiger partial charge in [-0.05, 0) is 48.5 Å². The maximum absolute atomic E-state index is 12.8. The van der Waals surface area contributed by atoms with E-state index >= 15 is 0 Å². The monoisotopic (exact) mass is 412 g/mol. The fourth-order valence-corrected chi connectivity index (χ4v) is 2.83. The molecule has 8 heteroatoms. The summed E-state index contributed by atoms with van der Waals surface area (Å²) in [4.78, 5) is 17.0. The van der Waals surface area contributed by atoms with Crippen LogP contribution >= 0.6 is 0 Å². The molecule has 0 saturated heterocycles. The first-order chi connectivity index (χ1) is 14.4. The molecule has 0 bridgehead atoms. The minimum absolute atomic E-state index is 0.00889. The molecule has 5 nitrogen and oxygen atoms in total. The minimum Gasteiger partial charge on any atom is -0.467 e. The van der Waals surface area contributed by atoms with Crippen LogP contribution in [0.4, 0.5) is 18.9 Å². The molecule has 152 valence electrons. The quantitative estimate of drug-likeness (QED) is 0.501. The van der Waals surface area contributed by atoms with Crippen LogP contribution in [-0.2, 0) is 12.7 Å². The van der Waals surface area contributed by atoms with Crippen LogP contribution in [0.1, 0.15) is 21.7 Å². The summed E-state index contributed by atoms with van der Waals surface area (Å²) in [6.07, 6.45) is -2.94. The molecule has 2 heterocycles. The Labute approximate surface area is 168 Å². The summed E-state index contributed by atoms with van der Waals surface area (Å²) in [5.74, 6) is 0.119. The van der Waals surface area contributed by atoms with Crippen LogP contribution in [0, 0.1) is 0 Å². The zero-order valence-corrected chi connectivity index (χ0v) is 15.4. The van der Waals surface area contributed by atoms with Crippen molar-refractivity contribution < 1.29 is 26.8 Å². The number of carbonyl (C=O) groups excluding carboxylic acids is 1. The molecule has 0 aliphatic rings. The topological polar surface area (TPSA) is 67.7 Å². The van der Waals surface area contributed by atoms with Gasteiger partial charge < -0.3 is 14.2 Å². The van der Waals surface area contributed by atoms with E-state index in [1.165, 1.54) is 18.4 Å². The van der Waals surface area contributed by atoms with E-state index in [4.69, 9.17) is 8.83 Å². The molecule has 4 aromatic rings. The van der Waals surface area contributed by atoms with E-state index in [0.717, 1.165) is 12.1 Å². The number of hydrogen-bond acceptors (Lipinski definition) is 4. The van der Waals surface area contributed by atoms with Gasteiger partial charge in [0.25, 0.3) is 5.91 Å². The maximum Gasteiger partial charge on any atom is 0.416 e. The van der Waals surface area contributed by atoms with Gasteiger partial charge in [0, 0.05) is 5.39 Å². The number of alkyl halides is 3. The molecule has 2 aromatic carbocycles. The van der Waals surface area contributed by atoms with Crippen LogP contribution in [-0.4, -0.2) is 5.91 Å². The third-order valence-electron chi connectivity index (χ3n) is 4.33. The normalized spacial score (nSPS) is 12.3. The lowest BCUT2D eigenvalue weighted by Gasteiger charge is -2.07. The van der Waals surface area contributed by atoms with E-state index in [1.54, 1.807) is 42.5 Å². The number of furan rings is 1. The number of hydrogen-bond donors (Lipinski definition) is 1. The van der Waals surface area contributed by atoms with Crippen LogP contribution in [0.15, 0.2) is 86.8 Å². The Balaban J connectivity index is 1.74. The summed E-state index contributed by atoms with van der Waals surface area (Å²) in [7, 11) is 0. The van der Waals surface area contributed by atoms with Gasteiger partial charge in [-0.1, -0.05) is 18.2 Å². The van der Waals surface area contributed by atoms with Gasteiger partial charge in [-0.15, -0.1) is 0 Å². The maximum atomic E-state index is 12.8. The van der Waals surface area contributed by atoms with E-state index in [9.17, 15) is 18.0 Å². The van der Waals surface area contributed by atoms with Crippen molar-refractivity contribution >= 4 is 22.6 Å². The van der Waals surface area contributed by atoms with Crippen molar-refractivity contribution in [2.24, 2.45) is 4.99 Å². The number of nitrogens with one attached hydrogen (secondary N) is 1. The van der Waals surface area contributed by atoms with Crippen LogP contribution < -0.4 is 10.9 Å². The second kappa shape index (κ2) is 7.90. The minimum atomic E-state index is -4.44. The van der Waals surface area contributed by atoms with Crippen molar-refractivity contribution in [2.45, 2.75) is 12.7 Å². The largest absolute Gasteiger partial charge is 0.467 e. The van der Waals surface area contributed by atoms with E-state index < -0.39 is 17.6 Å². The van der Waals surface area contributed by atoms with Gasteiger partial charge in [-0.3, -0.25) is 4.79 Å². The predicted molar refractivity (Wildman–Crippen MR) is 103 cm³/mol. The van der Waals surface area contributed by atoms with E-state index in [-0.39, 0.29) is 23.3 Å². The Bertz CT molecular complexity index is 1240. The van der Waals surface area contributed by atoms with Gasteiger partial charge in [-0.2, -0.15) is 13.2 Å². The zero-order valence-electron chi connectivity index (χ0n) is 15.4. The lowest BCUT2D eigenvalue weighted by molar-refractivity contribution is -0.137. The molecule has 1 amide bonds. The standard InChI is InChI=1S/C22H15F3N2O3/c23-22(24,25)15-7-9-16(10-8-15)27-21-18(12-14-4-1-2-6-19(14)30-21)20(28)26-13-17-5-3-11-29-17/h1-12H,13H2,(H,26,28). The van der Waals surface area contributed by atoms with E-state index in [1.807, 2.05) is 0 Å². The first-order valence-electron chi connectivity index (χ1n) is 8.95. The summed E-state index contributed by atoms with van der Waals surface area (Å²) in [5.41, 5.74) is 0.0757. The number of fused-ring (bicyclic) bond motifs is 1. The van der Waals surface area contributed by atoms with Gasteiger partial charge in [-0.25, -0.2) is 4.99 Å². The Morgan fingerprint density at radius 3 is 2.47 bits per heavy atom. The highest BCUT2D eigenvalue weighted by molar-refractivity contribution is 5.96.